The van der Waals surface area contributed by atoms with Crippen molar-refractivity contribution in [2.75, 3.05) is 31.2 Å². The summed E-state index contributed by atoms with van der Waals surface area (Å²) in [6.45, 7) is 0.897. The Bertz CT molecular complexity index is 499. The van der Waals surface area contributed by atoms with E-state index in [0.717, 1.165) is 30.2 Å². The molecule has 1 aliphatic heterocycles. The number of nitrogens with two attached hydrogens (primary N) is 1. The van der Waals surface area contributed by atoms with Crippen LogP contribution in [0.1, 0.15) is 5.56 Å². The van der Waals surface area contributed by atoms with Gasteiger partial charge in [0.05, 0.1) is 6.54 Å². The Labute approximate surface area is 131 Å². The van der Waals surface area contributed by atoms with Gasteiger partial charge >= 0.3 is 6.18 Å². The number of alkyl halides is 3. The van der Waals surface area contributed by atoms with Crippen molar-refractivity contribution >= 4 is 17.7 Å². The zero-order valence-electron chi connectivity index (χ0n) is 12.0. The first-order chi connectivity index (χ1) is 10.4. The Hall–Kier alpha value is -1.57. The van der Waals surface area contributed by atoms with Crippen molar-refractivity contribution in [1.29, 1.82) is 0 Å². The fourth-order valence-electron chi connectivity index (χ4n) is 1.92. The van der Waals surface area contributed by atoms with Gasteiger partial charge < -0.3 is 15.4 Å². The Kier molecular flexibility index (Phi) is 5.82. The number of ether oxygens (including phenoxy) is 1. The maximum atomic E-state index is 12.0. The molecule has 22 heavy (non-hydrogen) atoms. The second-order valence-corrected chi connectivity index (χ2v) is 6.05. The molecule has 0 unspecified atom stereocenters. The zero-order valence-corrected chi connectivity index (χ0v) is 12.8. The van der Waals surface area contributed by atoms with E-state index in [1.54, 1.807) is 12.1 Å². The molecule has 0 aliphatic carbocycles. The average Bonchev–Trinajstić information content (AvgIpc) is 2.52. The van der Waals surface area contributed by atoms with E-state index >= 15 is 0 Å². The molecule has 0 radical (unpaired) electrons. The van der Waals surface area contributed by atoms with Crippen LogP contribution in [0, 0.1) is 0 Å². The summed E-state index contributed by atoms with van der Waals surface area (Å²) >= 11 is 1.89. The summed E-state index contributed by atoms with van der Waals surface area (Å²) in [6, 6.07) is 6.39. The highest BCUT2D eigenvalue weighted by atomic mass is 32.2. The summed E-state index contributed by atoms with van der Waals surface area (Å²) < 4.78 is 40.8. The molecule has 0 saturated carbocycles. The Morgan fingerprint density at radius 1 is 1.23 bits per heavy atom. The number of hydrogen-bond donors (Lipinski definition) is 1. The lowest BCUT2D eigenvalue weighted by Gasteiger charge is -2.27. The second-order valence-electron chi connectivity index (χ2n) is 4.82. The number of benzene rings is 1. The summed E-state index contributed by atoms with van der Waals surface area (Å²) in [6.07, 6.45) is -4.33. The fraction of sp³-hybridized carbons (Fsp3) is 0.500. The molecule has 2 N–H and O–H groups in total. The molecule has 8 heteroatoms. The van der Waals surface area contributed by atoms with Gasteiger partial charge in [-0.1, -0.05) is 12.1 Å². The van der Waals surface area contributed by atoms with Crippen LogP contribution in [-0.4, -0.2) is 48.2 Å². The van der Waals surface area contributed by atoms with Crippen LogP contribution in [0.3, 0.4) is 0 Å². The van der Waals surface area contributed by atoms with E-state index in [-0.39, 0.29) is 5.75 Å². The van der Waals surface area contributed by atoms with Crippen LogP contribution >= 0.6 is 11.8 Å². The number of nitrogens with zero attached hydrogens (tertiary/aromatic N) is 2. The van der Waals surface area contributed by atoms with Crippen molar-refractivity contribution in [3.05, 3.63) is 29.8 Å². The number of hydrogen-bond acceptors (Lipinski definition) is 3. The summed E-state index contributed by atoms with van der Waals surface area (Å²) in [5, 5.41) is 0. The molecule has 1 fully saturated rings. The molecular weight excluding hydrogens is 315 g/mol. The van der Waals surface area contributed by atoms with E-state index in [1.807, 2.05) is 16.7 Å². The number of guanidine groups is 1. The van der Waals surface area contributed by atoms with E-state index in [0.29, 0.717) is 12.5 Å². The van der Waals surface area contributed by atoms with Crippen molar-refractivity contribution < 1.29 is 17.9 Å². The average molecular weight is 333 g/mol. The second kappa shape index (κ2) is 7.62. The number of rotatable bonds is 4. The highest BCUT2D eigenvalue weighted by Gasteiger charge is 2.28. The molecule has 1 heterocycles. The third kappa shape index (κ3) is 5.67. The molecule has 0 spiro atoms. The molecule has 122 valence electrons. The highest BCUT2D eigenvalue weighted by Crippen LogP contribution is 2.19. The SMILES string of the molecule is NC(=NCc1ccc(OCC(F)(F)F)cc1)N1CCSCC1. The monoisotopic (exact) mass is 333 g/mol. The number of halogens is 3. The molecule has 2 rings (SSSR count). The van der Waals surface area contributed by atoms with Gasteiger partial charge in [-0.2, -0.15) is 24.9 Å². The third-order valence-electron chi connectivity index (χ3n) is 3.08. The smallest absolute Gasteiger partial charge is 0.422 e. The van der Waals surface area contributed by atoms with Crippen LogP contribution in [0.4, 0.5) is 13.2 Å². The Morgan fingerprint density at radius 2 is 1.86 bits per heavy atom. The van der Waals surface area contributed by atoms with Gasteiger partial charge in [-0.15, -0.1) is 0 Å². The standard InChI is InChI=1S/C14H18F3N3OS/c15-14(16,17)10-21-12-3-1-11(2-4-12)9-19-13(18)20-5-7-22-8-6-20/h1-4H,5-10H2,(H2,18,19). The van der Waals surface area contributed by atoms with Gasteiger partial charge in [-0.05, 0) is 17.7 Å². The molecule has 1 aromatic rings. The third-order valence-corrected chi connectivity index (χ3v) is 4.03. The predicted octanol–water partition coefficient (Wildman–Crippen LogP) is 2.49. The van der Waals surface area contributed by atoms with E-state index in [4.69, 9.17) is 5.73 Å². The number of thioether (sulfide) groups is 1. The molecule has 1 aromatic carbocycles. The minimum atomic E-state index is -4.33. The highest BCUT2D eigenvalue weighted by molar-refractivity contribution is 7.99. The minimum Gasteiger partial charge on any atom is -0.484 e. The molecule has 1 aliphatic rings. The van der Waals surface area contributed by atoms with Gasteiger partial charge in [-0.3, -0.25) is 0 Å². The molecular formula is C14H18F3N3OS. The van der Waals surface area contributed by atoms with E-state index in [9.17, 15) is 13.2 Å². The molecule has 4 nitrogen and oxygen atoms in total. The van der Waals surface area contributed by atoms with Crippen molar-refractivity contribution in [1.82, 2.24) is 4.90 Å². The first-order valence-electron chi connectivity index (χ1n) is 6.85. The molecule has 1 saturated heterocycles. The van der Waals surface area contributed by atoms with Gasteiger partial charge in [0.25, 0.3) is 0 Å². The lowest BCUT2D eigenvalue weighted by Crippen LogP contribution is -2.42. The van der Waals surface area contributed by atoms with Gasteiger partial charge in [0.2, 0.25) is 0 Å². The Morgan fingerprint density at radius 3 is 2.45 bits per heavy atom. The molecule has 0 atom stereocenters. The lowest BCUT2D eigenvalue weighted by molar-refractivity contribution is -0.153. The van der Waals surface area contributed by atoms with E-state index in [2.05, 4.69) is 9.73 Å². The Balaban J connectivity index is 1.85. The van der Waals surface area contributed by atoms with Gasteiger partial charge in [-0.25, -0.2) is 4.99 Å². The van der Waals surface area contributed by atoms with Crippen molar-refractivity contribution in [3.8, 4) is 5.75 Å². The van der Waals surface area contributed by atoms with Crippen molar-refractivity contribution in [3.63, 3.8) is 0 Å². The lowest BCUT2D eigenvalue weighted by atomic mass is 10.2. The summed E-state index contributed by atoms with van der Waals surface area (Å²) in [5.74, 6) is 2.78. The normalized spacial score (nSPS) is 16.7. The first-order valence-corrected chi connectivity index (χ1v) is 8.00. The van der Waals surface area contributed by atoms with Crippen LogP contribution in [0.2, 0.25) is 0 Å². The maximum Gasteiger partial charge on any atom is 0.422 e. The largest absolute Gasteiger partial charge is 0.484 e. The van der Waals surface area contributed by atoms with Crippen LogP contribution in [-0.2, 0) is 6.54 Å². The maximum absolute atomic E-state index is 12.0. The first kappa shape index (κ1) is 16.8. The topological polar surface area (TPSA) is 50.9 Å². The molecule has 0 aromatic heterocycles. The van der Waals surface area contributed by atoms with Crippen molar-refractivity contribution in [2.24, 2.45) is 10.7 Å². The summed E-state index contributed by atoms with van der Waals surface area (Å²) in [7, 11) is 0. The summed E-state index contributed by atoms with van der Waals surface area (Å²) in [4.78, 5) is 6.36. The van der Waals surface area contributed by atoms with Crippen LogP contribution in [0.25, 0.3) is 0 Å². The molecule has 0 bridgehead atoms. The van der Waals surface area contributed by atoms with Gasteiger partial charge in [0, 0.05) is 24.6 Å². The van der Waals surface area contributed by atoms with E-state index in [1.165, 1.54) is 12.1 Å². The van der Waals surface area contributed by atoms with Crippen LogP contribution in [0.15, 0.2) is 29.3 Å². The minimum absolute atomic E-state index is 0.186. The fourth-order valence-corrected chi connectivity index (χ4v) is 2.82. The van der Waals surface area contributed by atoms with Crippen LogP contribution < -0.4 is 10.5 Å². The van der Waals surface area contributed by atoms with Gasteiger partial charge in [0.1, 0.15) is 5.75 Å². The van der Waals surface area contributed by atoms with E-state index < -0.39 is 12.8 Å². The van der Waals surface area contributed by atoms with Crippen LogP contribution in [0.5, 0.6) is 5.75 Å². The van der Waals surface area contributed by atoms with Crippen molar-refractivity contribution in [2.45, 2.75) is 12.7 Å². The zero-order chi connectivity index (χ0) is 16.0. The number of aliphatic imine (C=N–C) groups is 1. The van der Waals surface area contributed by atoms with Gasteiger partial charge in [0.15, 0.2) is 12.6 Å². The molecule has 0 amide bonds. The quantitative estimate of drug-likeness (QED) is 0.679. The predicted molar refractivity (Wildman–Crippen MR) is 82.2 cm³/mol. The summed E-state index contributed by atoms with van der Waals surface area (Å²) in [5.41, 5.74) is 6.81.